The number of aliphatic hydroxyl groups is 5. The van der Waals surface area contributed by atoms with Crippen LogP contribution in [0.2, 0.25) is 0 Å². The molecule has 0 amide bonds. The third kappa shape index (κ3) is 2.95. The Morgan fingerprint density at radius 3 is 1.63 bits per heavy atom. The van der Waals surface area contributed by atoms with Crippen molar-refractivity contribution in [1.29, 1.82) is 0 Å². The predicted molar refractivity (Wildman–Crippen MR) is 73.3 cm³/mol. The maximum absolute atomic E-state index is 10.6. The van der Waals surface area contributed by atoms with E-state index in [0.29, 0.717) is 0 Å². The lowest BCUT2D eigenvalue weighted by Crippen LogP contribution is -2.70. The molecule has 5 heteroatoms. The third-order valence-electron chi connectivity index (χ3n) is 4.18. The largest absolute Gasteiger partial charge is 0.396 e. The molecule has 0 fully saturated rings. The summed E-state index contributed by atoms with van der Waals surface area (Å²) in [5, 5.41) is 50.3. The maximum atomic E-state index is 10.6. The first kappa shape index (κ1) is 18.8. The van der Waals surface area contributed by atoms with Gasteiger partial charge in [0.2, 0.25) is 0 Å². The molecule has 0 aromatic carbocycles. The van der Waals surface area contributed by atoms with Gasteiger partial charge in [-0.05, 0) is 34.1 Å². The van der Waals surface area contributed by atoms with E-state index in [1.165, 1.54) is 20.8 Å². The van der Waals surface area contributed by atoms with Crippen LogP contribution in [0.15, 0.2) is 0 Å². The quantitative estimate of drug-likeness (QED) is 0.454. The molecule has 0 saturated carbocycles. The molecule has 0 bridgehead atoms. The first-order valence-corrected chi connectivity index (χ1v) is 6.49. The fourth-order valence-corrected chi connectivity index (χ4v) is 3.90. The van der Waals surface area contributed by atoms with Crippen molar-refractivity contribution >= 4 is 0 Å². The lowest BCUT2D eigenvalue weighted by Gasteiger charge is -2.61. The summed E-state index contributed by atoms with van der Waals surface area (Å²) in [6.45, 7) is 10.6. The van der Waals surface area contributed by atoms with E-state index in [2.05, 4.69) is 6.92 Å². The predicted octanol–water partition coefficient (Wildman–Crippen LogP) is 0.0906. The van der Waals surface area contributed by atoms with Crippen LogP contribution >= 0.6 is 0 Å². The molecule has 0 aliphatic rings. The van der Waals surface area contributed by atoms with E-state index in [4.69, 9.17) is 5.11 Å². The highest BCUT2D eigenvalue weighted by atomic mass is 16.3. The molecular formula is C14H29O5. The van der Waals surface area contributed by atoms with Gasteiger partial charge in [-0.15, -0.1) is 0 Å². The maximum Gasteiger partial charge on any atom is 0.0735 e. The Bertz CT molecular complexity index is 271. The molecule has 5 nitrogen and oxygen atoms in total. The molecule has 3 atom stereocenters. The Hall–Kier alpha value is -0.200. The van der Waals surface area contributed by atoms with Gasteiger partial charge in [0, 0.05) is 18.6 Å². The summed E-state index contributed by atoms with van der Waals surface area (Å²) in [6, 6.07) is 0. The van der Waals surface area contributed by atoms with Crippen LogP contribution in [0.4, 0.5) is 0 Å². The molecule has 3 unspecified atom stereocenters. The Morgan fingerprint density at radius 2 is 1.42 bits per heavy atom. The highest BCUT2D eigenvalue weighted by Crippen LogP contribution is 2.56. The van der Waals surface area contributed by atoms with Gasteiger partial charge in [0.1, 0.15) is 0 Å². The van der Waals surface area contributed by atoms with Gasteiger partial charge >= 0.3 is 0 Å². The van der Waals surface area contributed by atoms with Gasteiger partial charge in [0.15, 0.2) is 0 Å². The molecule has 0 aliphatic heterocycles. The van der Waals surface area contributed by atoms with Crippen LogP contribution in [0, 0.1) is 17.8 Å². The Labute approximate surface area is 115 Å². The van der Waals surface area contributed by atoms with Crippen molar-refractivity contribution in [2.45, 2.75) is 58.3 Å². The van der Waals surface area contributed by atoms with Crippen LogP contribution in [-0.2, 0) is 0 Å². The molecule has 0 heterocycles. The summed E-state index contributed by atoms with van der Waals surface area (Å²) in [4.78, 5) is 0. The highest BCUT2D eigenvalue weighted by molar-refractivity contribution is 5.16. The minimum Gasteiger partial charge on any atom is -0.396 e. The van der Waals surface area contributed by atoms with Gasteiger partial charge in [-0.25, -0.2) is 0 Å². The minimum atomic E-state index is -1.72. The molecule has 19 heavy (non-hydrogen) atoms. The number of hydrogen-bond donors (Lipinski definition) is 5. The zero-order valence-electron chi connectivity index (χ0n) is 12.6. The van der Waals surface area contributed by atoms with Crippen LogP contribution in [0.25, 0.3) is 0 Å². The van der Waals surface area contributed by atoms with E-state index in [0.717, 1.165) is 0 Å². The fourth-order valence-electron chi connectivity index (χ4n) is 3.90. The van der Waals surface area contributed by atoms with Gasteiger partial charge in [-0.1, -0.05) is 13.8 Å². The van der Waals surface area contributed by atoms with E-state index in [-0.39, 0.29) is 19.6 Å². The van der Waals surface area contributed by atoms with Crippen molar-refractivity contribution in [2.24, 2.45) is 10.8 Å². The van der Waals surface area contributed by atoms with Gasteiger partial charge in [0.05, 0.1) is 22.7 Å². The van der Waals surface area contributed by atoms with E-state index < -0.39 is 28.1 Å². The van der Waals surface area contributed by atoms with Crippen molar-refractivity contribution < 1.29 is 25.5 Å². The Balaban J connectivity index is 6.22. The molecule has 0 aromatic heterocycles. The lowest BCUT2D eigenvalue weighted by molar-refractivity contribution is -0.266. The summed E-state index contributed by atoms with van der Waals surface area (Å²) >= 11 is 0. The average Bonchev–Trinajstić information content (AvgIpc) is 2.13. The van der Waals surface area contributed by atoms with Crippen molar-refractivity contribution in [3.8, 4) is 0 Å². The molecule has 5 N–H and O–H groups in total. The summed E-state index contributed by atoms with van der Waals surface area (Å²) in [7, 11) is 0. The zero-order chi connectivity index (χ0) is 15.7. The third-order valence-corrected chi connectivity index (χ3v) is 4.18. The van der Waals surface area contributed by atoms with Crippen LogP contribution in [0.3, 0.4) is 0 Å². The first-order chi connectivity index (χ1) is 8.29. The van der Waals surface area contributed by atoms with Crippen LogP contribution in [-0.4, -0.2) is 56.1 Å². The van der Waals surface area contributed by atoms with Crippen LogP contribution in [0.1, 0.15) is 41.0 Å². The second-order valence-corrected chi connectivity index (χ2v) is 6.71. The molecule has 0 aliphatic carbocycles. The van der Waals surface area contributed by atoms with Crippen molar-refractivity contribution in [2.75, 3.05) is 13.2 Å². The van der Waals surface area contributed by atoms with Gasteiger partial charge in [-0.3, -0.25) is 0 Å². The second-order valence-electron chi connectivity index (χ2n) is 6.71. The molecule has 115 valence electrons. The molecular weight excluding hydrogens is 248 g/mol. The van der Waals surface area contributed by atoms with E-state index in [9.17, 15) is 20.4 Å². The fraction of sp³-hybridized carbons (Fsp3) is 0.929. The number of rotatable bonds is 7. The van der Waals surface area contributed by atoms with Crippen molar-refractivity contribution in [3.63, 3.8) is 0 Å². The summed E-state index contributed by atoms with van der Waals surface area (Å²) in [6.07, 6.45) is -1.26. The SMILES string of the molecule is [CH2]C(C)(O)C(C(O)CCO)(C(C)(C)O)C(C)(C)CO. The summed E-state index contributed by atoms with van der Waals surface area (Å²) in [5.74, 6) is 0. The highest BCUT2D eigenvalue weighted by Gasteiger charge is 2.65. The van der Waals surface area contributed by atoms with Crippen molar-refractivity contribution in [3.05, 3.63) is 6.92 Å². The molecule has 0 spiro atoms. The summed E-state index contributed by atoms with van der Waals surface area (Å²) < 4.78 is 0. The second kappa shape index (κ2) is 5.66. The molecule has 0 rings (SSSR count). The van der Waals surface area contributed by atoms with Gasteiger partial charge in [0.25, 0.3) is 0 Å². The first-order valence-electron chi connectivity index (χ1n) is 6.49. The normalized spacial score (nSPS) is 16.6. The Morgan fingerprint density at radius 1 is 1.00 bits per heavy atom. The monoisotopic (exact) mass is 277 g/mol. The molecule has 1 radical (unpaired) electrons. The Kier molecular flexibility index (Phi) is 5.60. The minimum absolute atomic E-state index is 0.0287. The molecule has 0 saturated heterocycles. The van der Waals surface area contributed by atoms with Crippen LogP contribution < -0.4 is 0 Å². The molecule has 0 aromatic rings. The van der Waals surface area contributed by atoms with E-state index >= 15 is 0 Å². The standard InChI is InChI=1S/C14H29O5/c1-11(2,9-16)14(12(3,4)18,13(5,6)19)10(17)7-8-15/h10,15-19H,3,7-9H2,1-2,4-6H3. The number of hydrogen-bond acceptors (Lipinski definition) is 5. The number of aliphatic hydroxyl groups excluding tert-OH is 3. The van der Waals surface area contributed by atoms with Gasteiger partial charge in [-0.2, -0.15) is 0 Å². The smallest absolute Gasteiger partial charge is 0.0735 e. The topological polar surface area (TPSA) is 101 Å². The van der Waals surface area contributed by atoms with Crippen molar-refractivity contribution in [1.82, 2.24) is 0 Å². The van der Waals surface area contributed by atoms with Crippen LogP contribution in [0.5, 0.6) is 0 Å². The van der Waals surface area contributed by atoms with E-state index in [1.54, 1.807) is 13.8 Å². The lowest BCUT2D eigenvalue weighted by atomic mass is 9.48. The summed E-state index contributed by atoms with van der Waals surface area (Å²) in [5.41, 5.74) is -5.79. The zero-order valence-corrected chi connectivity index (χ0v) is 12.6. The van der Waals surface area contributed by atoms with Gasteiger partial charge < -0.3 is 25.5 Å². The average molecular weight is 277 g/mol. The van der Waals surface area contributed by atoms with E-state index in [1.807, 2.05) is 0 Å².